The molecule has 3 N–H and O–H groups in total. The smallest absolute Gasteiger partial charge is 0.320 e. The Kier molecular flexibility index (Phi) is 7.28. The lowest BCUT2D eigenvalue weighted by molar-refractivity contribution is -0.128. The average molecular weight is 389 g/mol. The van der Waals surface area contributed by atoms with E-state index in [-0.39, 0.29) is 11.9 Å². The predicted octanol–water partition coefficient (Wildman–Crippen LogP) is 2.27. The zero-order valence-corrected chi connectivity index (χ0v) is 16.8. The van der Waals surface area contributed by atoms with Crippen LogP contribution in [0.4, 0.5) is 10.5 Å². The fraction of sp³-hybridized carbons (Fsp3) is 0.619. The van der Waals surface area contributed by atoms with Gasteiger partial charge in [0.25, 0.3) is 0 Å². The van der Waals surface area contributed by atoms with Gasteiger partial charge in [-0.05, 0) is 31.9 Å². The van der Waals surface area contributed by atoms with Gasteiger partial charge in [0.15, 0.2) is 0 Å². The molecule has 1 aliphatic carbocycles. The second-order valence-electron chi connectivity index (χ2n) is 7.80. The van der Waals surface area contributed by atoms with Crippen LogP contribution in [0.15, 0.2) is 24.3 Å². The number of aryl methyl sites for hydroxylation is 1. The number of morpholine rings is 1. The zero-order chi connectivity index (χ0) is 19.8. The summed E-state index contributed by atoms with van der Waals surface area (Å²) in [7, 11) is 0. The van der Waals surface area contributed by atoms with Crippen LogP contribution in [0.1, 0.15) is 37.7 Å². The lowest BCUT2D eigenvalue weighted by Gasteiger charge is -2.37. The van der Waals surface area contributed by atoms with E-state index < -0.39 is 5.54 Å². The second kappa shape index (κ2) is 9.89. The first-order valence-electron chi connectivity index (χ1n) is 10.3. The molecule has 3 amide bonds. The summed E-state index contributed by atoms with van der Waals surface area (Å²) in [5.74, 6) is -0.0699. The first-order chi connectivity index (χ1) is 13.6. The van der Waals surface area contributed by atoms with Crippen molar-refractivity contribution in [3.05, 3.63) is 29.8 Å². The van der Waals surface area contributed by atoms with Crippen LogP contribution in [0.3, 0.4) is 0 Å². The predicted molar refractivity (Wildman–Crippen MR) is 109 cm³/mol. The maximum Gasteiger partial charge on any atom is 0.320 e. The van der Waals surface area contributed by atoms with Crippen molar-refractivity contribution in [1.29, 1.82) is 0 Å². The summed E-state index contributed by atoms with van der Waals surface area (Å²) >= 11 is 0. The van der Waals surface area contributed by atoms with Gasteiger partial charge in [0.2, 0.25) is 5.91 Å². The first kappa shape index (κ1) is 20.6. The van der Waals surface area contributed by atoms with Crippen LogP contribution in [-0.4, -0.2) is 61.8 Å². The molecule has 0 radical (unpaired) electrons. The highest BCUT2D eigenvalue weighted by molar-refractivity contribution is 5.96. The van der Waals surface area contributed by atoms with Crippen LogP contribution in [0.25, 0.3) is 0 Å². The van der Waals surface area contributed by atoms with E-state index in [1.807, 2.05) is 31.2 Å². The molecular formula is C21H32N4O3. The number of carbonyl (C=O) groups excluding carboxylic acids is 2. The normalized spacial score (nSPS) is 19.6. The molecule has 1 heterocycles. The largest absolute Gasteiger partial charge is 0.379 e. The molecule has 28 heavy (non-hydrogen) atoms. The Morgan fingerprint density at radius 2 is 1.75 bits per heavy atom. The van der Waals surface area contributed by atoms with E-state index >= 15 is 0 Å². The number of hydrogen-bond donors (Lipinski definition) is 3. The minimum Gasteiger partial charge on any atom is -0.379 e. The third-order valence-corrected chi connectivity index (χ3v) is 5.62. The van der Waals surface area contributed by atoms with Crippen LogP contribution >= 0.6 is 0 Å². The Morgan fingerprint density at radius 3 is 2.43 bits per heavy atom. The van der Waals surface area contributed by atoms with E-state index in [9.17, 15) is 9.59 Å². The molecular weight excluding hydrogens is 356 g/mol. The van der Waals surface area contributed by atoms with Gasteiger partial charge in [0.1, 0.15) is 5.54 Å². The van der Waals surface area contributed by atoms with Crippen LogP contribution in [0.2, 0.25) is 0 Å². The van der Waals surface area contributed by atoms with Crippen molar-refractivity contribution in [2.75, 3.05) is 44.7 Å². The van der Waals surface area contributed by atoms with Gasteiger partial charge in [-0.25, -0.2) is 4.79 Å². The van der Waals surface area contributed by atoms with Crippen molar-refractivity contribution in [2.24, 2.45) is 0 Å². The van der Waals surface area contributed by atoms with Crippen LogP contribution in [-0.2, 0) is 9.53 Å². The van der Waals surface area contributed by atoms with Crippen molar-refractivity contribution in [3.63, 3.8) is 0 Å². The van der Waals surface area contributed by atoms with E-state index in [0.29, 0.717) is 19.4 Å². The van der Waals surface area contributed by atoms with Crippen molar-refractivity contribution in [2.45, 2.75) is 44.6 Å². The van der Waals surface area contributed by atoms with Gasteiger partial charge in [0, 0.05) is 31.9 Å². The molecule has 7 heteroatoms. The summed E-state index contributed by atoms with van der Waals surface area (Å²) in [6.07, 6.45) is 4.35. The van der Waals surface area contributed by atoms with E-state index in [2.05, 4.69) is 20.9 Å². The number of nitrogens with one attached hydrogen (secondary N) is 3. The fourth-order valence-electron chi connectivity index (χ4n) is 3.90. The average Bonchev–Trinajstić information content (AvgIpc) is 2.71. The molecule has 0 aromatic heterocycles. The number of hydrogen-bond acceptors (Lipinski definition) is 4. The van der Waals surface area contributed by atoms with Crippen molar-refractivity contribution < 1.29 is 14.3 Å². The third-order valence-electron chi connectivity index (χ3n) is 5.62. The Morgan fingerprint density at radius 1 is 1.07 bits per heavy atom. The lowest BCUT2D eigenvalue weighted by atomic mass is 9.81. The zero-order valence-electron chi connectivity index (χ0n) is 16.8. The Labute approximate surface area is 167 Å². The number of ether oxygens (including phenoxy) is 1. The lowest BCUT2D eigenvalue weighted by Crippen LogP contribution is -2.61. The quantitative estimate of drug-likeness (QED) is 0.698. The summed E-state index contributed by atoms with van der Waals surface area (Å²) in [5, 5.41) is 8.89. The first-order valence-corrected chi connectivity index (χ1v) is 10.3. The van der Waals surface area contributed by atoms with Gasteiger partial charge in [-0.15, -0.1) is 0 Å². The summed E-state index contributed by atoms with van der Waals surface area (Å²) in [4.78, 5) is 27.9. The van der Waals surface area contributed by atoms with Gasteiger partial charge in [0.05, 0.1) is 13.2 Å². The number of anilines is 1. The van der Waals surface area contributed by atoms with Gasteiger partial charge < -0.3 is 20.7 Å². The standard InChI is InChI=1S/C21H32N4O3/c1-17-5-7-18(8-6-17)23-20(27)24-21(9-3-2-4-10-21)19(26)22-11-12-25-13-15-28-16-14-25/h5-8H,2-4,9-16H2,1H3,(H,22,26)(H2,23,24,27). The van der Waals surface area contributed by atoms with E-state index in [0.717, 1.165) is 63.4 Å². The van der Waals surface area contributed by atoms with Crippen LogP contribution < -0.4 is 16.0 Å². The van der Waals surface area contributed by atoms with E-state index in [1.54, 1.807) is 0 Å². The van der Waals surface area contributed by atoms with Crippen molar-refractivity contribution in [3.8, 4) is 0 Å². The monoisotopic (exact) mass is 388 g/mol. The molecule has 0 atom stereocenters. The molecule has 1 saturated carbocycles. The minimum atomic E-state index is -0.821. The maximum atomic E-state index is 13.0. The van der Waals surface area contributed by atoms with Gasteiger partial charge in [-0.2, -0.15) is 0 Å². The molecule has 3 rings (SSSR count). The Balaban J connectivity index is 1.55. The van der Waals surface area contributed by atoms with Crippen LogP contribution in [0.5, 0.6) is 0 Å². The Bertz CT molecular complexity index is 650. The fourth-order valence-corrected chi connectivity index (χ4v) is 3.90. The molecule has 1 aliphatic heterocycles. The molecule has 1 aromatic rings. The van der Waals surface area contributed by atoms with Gasteiger partial charge in [-0.1, -0.05) is 37.0 Å². The third kappa shape index (κ3) is 5.69. The van der Waals surface area contributed by atoms with E-state index in [1.165, 1.54) is 0 Å². The maximum absolute atomic E-state index is 13.0. The number of carbonyl (C=O) groups is 2. The van der Waals surface area contributed by atoms with Gasteiger partial charge >= 0.3 is 6.03 Å². The highest BCUT2D eigenvalue weighted by Gasteiger charge is 2.40. The van der Waals surface area contributed by atoms with Crippen molar-refractivity contribution in [1.82, 2.24) is 15.5 Å². The minimum absolute atomic E-state index is 0.0699. The number of benzene rings is 1. The molecule has 1 saturated heterocycles. The molecule has 1 aromatic carbocycles. The highest BCUT2D eigenvalue weighted by atomic mass is 16.5. The molecule has 2 aliphatic rings. The summed E-state index contributed by atoms with van der Waals surface area (Å²) in [6, 6.07) is 7.30. The highest BCUT2D eigenvalue weighted by Crippen LogP contribution is 2.28. The SMILES string of the molecule is Cc1ccc(NC(=O)NC2(C(=O)NCCN3CCOCC3)CCCCC2)cc1. The number of amides is 3. The molecule has 2 fully saturated rings. The number of urea groups is 1. The molecule has 0 bridgehead atoms. The van der Waals surface area contributed by atoms with Crippen molar-refractivity contribution >= 4 is 17.6 Å². The molecule has 7 nitrogen and oxygen atoms in total. The van der Waals surface area contributed by atoms with E-state index in [4.69, 9.17) is 4.74 Å². The molecule has 0 spiro atoms. The topological polar surface area (TPSA) is 82.7 Å². The molecule has 0 unspecified atom stereocenters. The summed E-state index contributed by atoms with van der Waals surface area (Å²) in [5.41, 5.74) is 1.04. The summed E-state index contributed by atoms with van der Waals surface area (Å²) < 4.78 is 5.35. The number of nitrogens with zero attached hydrogens (tertiary/aromatic N) is 1. The van der Waals surface area contributed by atoms with Gasteiger partial charge in [-0.3, -0.25) is 9.69 Å². The summed E-state index contributed by atoms with van der Waals surface area (Å²) in [6.45, 7) is 6.69. The number of rotatable bonds is 6. The second-order valence-corrected chi connectivity index (χ2v) is 7.80. The Hall–Kier alpha value is -2.12. The van der Waals surface area contributed by atoms with Crippen LogP contribution in [0, 0.1) is 6.92 Å². The molecule has 154 valence electrons.